The maximum absolute atomic E-state index is 13.5. The molecule has 1 atom stereocenters. The van der Waals surface area contributed by atoms with Gasteiger partial charge in [-0.05, 0) is 42.3 Å². The van der Waals surface area contributed by atoms with Gasteiger partial charge in [0.1, 0.15) is 0 Å². The number of hydrogen-bond donors (Lipinski definition) is 0. The topological polar surface area (TPSA) is 29.5 Å². The monoisotopic (exact) mass is 333 g/mol. The Balaban J connectivity index is 1.41. The average molecular weight is 333 g/mol. The van der Waals surface area contributed by atoms with Crippen molar-refractivity contribution in [1.29, 1.82) is 0 Å². The number of halogens is 1. The van der Waals surface area contributed by atoms with Crippen LogP contribution in [0.4, 0.5) is 4.39 Å². The SMILES string of the molecule is O=C(Cc1cccs1)N1CC[C@H](CCOc2ccccc2F)C1. The lowest BCUT2D eigenvalue weighted by Crippen LogP contribution is -2.30. The number of carbonyl (C=O) groups excluding carboxylic acids is 1. The Bertz CT molecular complexity index is 644. The van der Waals surface area contributed by atoms with E-state index in [1.54, 1.807) is 29.5 Å². The fourth-order valence-electron chi connectivity index (χ4n) is 2.87. The van der Waals surface area contributed by atoms with E-state index in [4.69, 9.17) is 4.74 Å². The number of rotatable bonds is 6. The number of ether oxygens (including phenoxy) is 1. The van der Waals surface area contributed by atoms with Crippen LogP contribution in [-0.4, -0.2) is 30.5 Å². The summed E-state index contributed by atoms with van der Waals surface area (Å²) in [5.74, 6) is 0.613. The molecule has 1 aliphatic heterocycles. The van der Waals surface area contributed by atoms with Crippen molar-refractivity contribution in [3.63, 3.8) is 0 Å². The number of nitrogens with zero attached hydrogens (tertiary/aromatic N) is 1. The van der Waals surface area contributed by atoms with E-state index in [2.05, 4.69) is 0 Å². The molecule has 1 aliphatic rings. The number of benzene rings is 1. The quantitative estimate of drug-likeness (QED) is 0.806. The molecule has 2 heterocycles. The molecule has 1 aromatic heterocycles. The molecular formula is C18H20FNO2S. The third kappa shape index (κ3) is 4.32. The highest BCUT2D eigenvalue weighted by Gasteiger charge is 2.26. The molecule has 1 amide bonds. The summed E-state index contributed by atoms with van der Waals surface area (Å²) < 4.78 is 19.0. The van der Waals surface area contributed by atoms with Gasteiger partial charge >= 0.3 is 0 Å². The zero-order valence-electron chi connectivity index (χ0n) is 12.9. The summed E-state index contributed by atoms with van der Waals surface area (Å²) in [5, 5.41) is 2.00. The predicted octanol–water partition coefficient (Wildman–Crippen LogP) is 3.75. The Labute approximate surface area is 139 Å². The molecule has 5 heteroatoms. The summed E-state index contributed by atoms with van der Waals surface area (Å²) in [5.41, 5.74) is 0. The second-order valence-electron chi connectivity index (χ2n) is 5.82. The van der Waals surface area contributed by atoms with E-state index in [0.29, 0.717) is 24.7 Å². The number of carbonyl (C=O) groups is 1. The van der Waals surface area contributed by atoms with Gasteiger partial charge in [-0.1, -0.05) is 18.2 Å². The molecule has 0 radical (unpaired) electrons. The fraction of sp³-hybridized carbons (Fsp3) is 0.389. The zero-order chi connectivity index (χ0) is 16.1. The molecule has 0 spiro atoms. The summed E-state index contributed by atoms with van der Waals surface area (Å²) in [6.07, 6.45) is 2.34. The second-order valence-corrected chi connectivity index (χ2v) is 6.85. The molecular weight excluding hydrogens is 313 g/mol. The van der Waals surface area contributed by atoms with Crippen molar-refractivity contribution in [3.8, 4) is 5.75 Å². The number of para-hydroxylation sites is 1. The lowest BCUT2D eigenvalue weighted by molar-refractivity contribution is -0.129. The summed E-state index contributed by atoms with van der Waals surface area (Å²) in [4.78, 5) is 15.3. The number of amides is 1. The van der Waals surface area contributed by atoms with Crippen LogP contribution in [0.25, 0.3) is 0 Å². The zero-order valence-corrected chi connectivity index (χ0v) is 13.7. The molecule has 1 aromatic carbocycles. The molecule has 0 saturated carbocycles. The average Bonchev–Trinajstić information content (AvgIpc) is 3.21. The maximum atomic E-state index is 13.5. The van der Waals surface area contributed by atoms with E-state index in [1.807, 2.05) is 22.4 Å². The van der Waals surface area contributed by atoms with Gasteiger partial charge in [0.15, 0.2) is 11.6 Å². The molecule has 122 valence electrons. The van der Waals surface area contributed by atoms with E-state index >= 15 is 0 Å². The second kappa shape index (κ2) is 7.59. The number of likely N-dealkylation sites (tertiary alicyclic amines) is 1. The molecule has 1 saturated heterocycles. The molecule has 1 fully saturated rings. The Morgan fingerprint density at radius 2 is 2.17 bits per heavy atom. The van der Waals surface area contributed by atoms with Crippen molar-refractivity contribution < 1.29 is 13.9 Å². The first-order valence-corrected chi connectivity index (χ1v) is 8.78. The molecule has 3 rings (SSSR count). The van der Waals surface area contributed by atoms with Crippen molar-refractivity contribution in [2.24, 2.45) is 5.92 Å². The van der Waals surface area contributed by atoms with Crippen LogP contribution in [0.3, 0.4) is 0 Å². The van der Waals surface area contributed by atoms with Crippen molar-refractivity contribution in [2.75, 3.05) is 19.7 Å². The Morgan fingerprint density at radius 1 is 1.30 bits per heavy atom. The summed E-state index contributed by atoms with van der Waals surface area (Å²) >= 11 is 1.62. The van der Waals surface area contributed by atoms with E-state index in [-0.39, 0.29) is 11.7 Å². The molecule has 0 aliphatic carbocycles. The van der Waals surface area contributed by atoms with Crippen LogP contribution < -0.4 is 4.74 Å². The van der Waals surface area contributed by atoms with Gasteiger partial charge in [0.2, 0.25) is 5.91 Å². The van der Waals surface area contributed by atoms with Crippen molar-refractivity contribution in [1.82, 2.24) is 4.90 Å². The lowest BCUT2D eigenvalue weighted by atomic mass is 10.1. The van der Waals surface area contributed by atoms with Crippen LogP contribution in [0.15, 0.2) is 41.8 Å². The van der Waals surface area contributed by atoms with Gasteiger partial charge in [-0.3, -0.25) is 4.79 Å². The van der Waals surface area contributed by atoms with Crippen molar-refractivity contribution >= 4 is 17.2 Å². The van der Waals surface area contributed by atoms with E-state index < -0.39 is 0 Å². The highest BCUT2D eigenvalue weighted by Crippen LogP contribution is 2.22. The standard InChI is InChI=1S/C18H20FNO2S/c19-16-5-1-2-6-17(16)22-10-8-14-7-9-20(13-14)18(21)12-15-4-3-11-23-15/h1-6,11,14H,7-10,12-13H2/t14-/m1/s1. The Morgan fingerprint density at radius 3 is 2.96 bits per heavy atom. The van der Waals surface area contributed by atoms with Crippen LogP contribution in [0.1, 0.15) is 17.7 Å². The van der Waals surface area contributed by atoms with E-state index in [9.17, 15) is 9.18 Å². The normalized spacial score (nSPS) is 17.4. The smallest absolute Gasteiger partial charge is 0.227 e. The van der Waals surface area contributed by atoms with Crippen molar-refractivity contribution in [2.45, 2.75) is 19.3 Å². The van der Waals surface area contributed by atoms with Gasteiger partial charge < -0.3 is 9.64 Å². The molecule has 0 bridgehead atoms. The summed E-state index contributed by atoms with van der Waals surface area (Å²) in [7, 11) is 0. The van der Waals surface area contributed by atoms with Crippen molar-refractivity contribution in [3.05, 3.63) is 52.5 Å². The van der Waals surface area contributed by atoms with E-state index in [1.165, 1.54) is 6.07 Å². The van der Waals surface area contributed by atoms with E-state index in [0.717, 1.165) is 30.8 Å². The number of hydrogen-bond acceptors (Lipinski definition) is 3. The van der Waals surface area contributed by atoms with Gasteiger partial charge in [0.25, 0.3) is 0 Å². The first-order chi connectivity index (χ1) is 11.2. The Kier molecular flexibility index (Phi) is 5.28. The van der Waals surface area contributed by atoms with Gasteiger partial charge in [0, 0.05) is 18.0 Å². The molecule has 2 aromatic rings. The minimum atomic E-state index is -0.327. The maximum Gasteiger partial charge on any atom is 0.227 e. The van der Waals surface area contributed by atoms with Crippen LogP contribution in [0.5, 0.6) is 5.75 Å². The first-order valence-electron chi connectivity index (χ1n) is 7.90. The van der Waals surface area contributed by atoms with Crippen LogP contribution >= 0.6 is 11.3 Å². The van der Waals surface area contributed by atoms with Gasteiger partial charge in [-0.2, -0.15) is 0 Å². The van der Waals surface area contributed by atoms with Crippen LogP contribution in [0, 0.1) is 11.7 Å². The van der Waals surface area contributed by atoms with Crippen LogP contribution in [0.2, 0.25) is 0 Å². The lowest BCUT2D eigenvalue weighted by Gasteiger charge is -2.16. The molecule has 0 N–H and O–H groups in total. The minimum absolute atomic E-state index is 0.199. The first kappa shape index (κ1) is 16.0. The fourth-order valence-corrected chi connectivity index (χ4v) is 3.56. The number of thiophene rings is 1. The molecule has 0 unspecified atom stereocenters. The van der Waals surface area contributed by atoms with Gasteiger partial charge in [0.05, 0.1) is 13.0 Å². The third-order valence-electron chi connectivity index (χ3n) is 4.16. The summed E-state index contributed by atoms with van der Waals surface area (Å²) in [6, 6.07) is 10.4. The third-order valence-corrected chi connectivity index (χ3v) is 5.04. The largest absolute Gasteiger partial charge is 0.491 e. The summed E-state index contributed by atoms with van der Waals surface area (Å²) in [6.45, 7) is 2.08. The highest BCUT2D eigenvalue weighted by atomic mass is 32.1. The highest BCUT2D eigenvalue weighted by molar-refractivity contribution is 7.10. The van der Waals surface area contributed by atoms with Crippen LogP contribution in [-0.2, 0) is 11.2 Å². The minimum Gasteiger partial charge on any atom is -0.491 e. The molecule has 23 heavy (non-hydrogen) atoms. The van der Waals surface area contributed by atoms with Gasteiger partial charge in [-0.25, -0.2) is 4.39 Å². The Hall–Kier alpha value is -1.88. The van der Waals surface area contributed by atoms with Gasteiger partial charge in [-0.15, -0.1) is 11.3 Å². The predicted molar refractivity (Wildman–Crippen MR) is 89.2 cm³/mol. The molecule has 3 nitrogen and oxygen atoms in total.